The molecule has 0 aromatic heterocycles. The Morgan fingerprint density at radius 3 is 2.24 bits per heavy atom. The van der Waals surface area contributed by atoms with Gasteiger partial charge in [0.05, 0.1) is 5.02 Å². The highest BCUT2D eigenvalue weighted by Gasteiger charge is 2.25. The number of nitrogens with one attached hydrogen (secondary N) is 1. The van der Waals surface area contributed by atoms with E-state index in [4.69, 9.17) is 11.6 Å². The van der Waals surface area contributed by atoms with Crippen LogP contribution in [0.2, 0.25) is 5.02 Å². The summed E-state index contributed by atoms with van der Waals surface area (Å²) in [7, 11) is -3.71. The zero-order valence-corrected chi connectivity index (χ0v) is 16.0. The molecule has 0 unspecified atom stereocenters. The van der Waals surface area contributed by atoms with Gasteiger partial charge in [0.25, 0.3) is 5.91 Å². The standard InChI is InChI=1S/C18H21ClN2O3S/c1-4-21(5-2)25(23,24)17-12-15(10-11-16(17)19)20-18(22)14-8-6-13(3)7-9-14/h6-12H,4-5H2,1-3H3,(H,20,22). The number of aryl methyl sites for hydroxylation is 1. The van der Waals surface area contributed by atoms with Gasteiger partial charge in [-0.3, -0.25) is 4.79 Å². The van der Waals surface area contributed by atoms with Crippen molar-refractivity contribution in [2.24, 2.45) is 0 Å². The fraction of sp³-hybridized carbons (Fsp3) is 0.278. The Morgan fingerprint density at radius 1 is 1.08 bits per heavy atom. The van der Waals surface area contributed by atoms with Gasteiger partial charge in [0.2, 0.25) is 10.0 Å². The first kappa shape index (κ1) is 19.4. The molecule has 1 N–H and O–H groups in total. The van der Waals surface area contributed by atoms with Crippen LogP contribution >= 0.6 is 11.6 Å². The van der Waals surface area contributed by atoms with E-state index in [0.29, 0.717) is 24.3 Å². The Kier molecular flexibility index (Phi) is 6.21. The zero-order chi connectivity index (χ0) is 18.6. The van der Waals surface area contributed by atoms with E-state index in [1.807, 2.05) is 19.1 Å². The second-order valence-electron chi connectivity index (χ2n) is 5.55. The minimum Gasteiger partial charge on any atom is -0.322 e. The van der Waals surface area contributed by atoms with Crippen molar-refractivity contribution in [1.29, 1.82) is 0 Å². The van der Waals surface area contributed by atoms with E-state index in [9.17, 15) is 13.2 Å². The molecule has 7 heteroatoms. The highest BCUT2D eigenvalue weighted by Crippen LogP contribution is 2.28. The van der Waals surface area contributed by atoms with Crippen LogP contribution in [0.1, 0.15) is 29.8 Å². The van der Waals surface area contributed by atoms with Crippen LogP contribution in [0.15, 0.2) is 47.4 Å². The molecule has 1 amide bonds. The van der Waals surface area contributed by atoms with Gasteiger partial charge in [-0.2, -0.15) is 4.31 Å². The van der Waals surface area contributed by atoms with Gasteiger partial charge >= 0.3 is 0 Å². The minimum atomic E-state index is -3.71. The molecule has 2 aromatic carbocycles. The number of anilines is 1. The lowest BCUT2D eigenvalue weighted by Gasteiger charge is -2.19. The van der Waals surface area contributed by atoms with Crippen molar-refractivity contribution in [2.75, 3.05) is 18.4 Å². The normalized spacial score (nSPS) is 11.6. The summed E-state index contributed by atoms with van der Waals surface area (Å²) in [5.41, 5.74) is 1.92. The number of benzene rings is 2. The molecule has 0 spiro atoms. The summed E-state index contributed by atoms with van der Waals surface area (Å²) >= 11 is 6.09. The molecule has 5 nitrogen and oxygen atoms in total. The van der Waals surface area contributed by atoms with Crippen molar-refractivity contribution in [1.82, 2.24) is 4.31 Å². The molecule has 0 saturated heterocycles. The molecular weight excluding hydrogens is 360 g/mol. The van der Waals surface area contributed by atoms with Crippen LogP contribution in [-0.4, -0.2) is 31.7 Å². The van der Waals surface area contributed by atoms with Gasteiger partial charge < -0.3 is 5.32 Å². The summed E-state index contributed by atoms with van der Waals surface area (Å²) in [6.45, 7) is 6.14. The maximum absolute atomic E-state index is 12.7. The monoisotopic (exact) mass is 380 g/mol. The number of rotatable bonds is 6. The Labute approximate surface area is 153 Å². The first-order valence-corrected chi connectivity index (χ1v) is 9.79. The Bertz CT molecular complexity index is 860. The number of nitrogens with zero attached hydrogens (tertiary/aromatic N) is 1. The zero-order valence-electron chi connectivity index (χ0n) is 14.4. The molecular formula is C18H21ClN2O3S. The SMILES string of the molecule is CCN(CC)S(=O)(=O)c1cc(NC(=O)c2ccc(C)cc2)ccc1Cl. The molecule has 0 radical (unpaired) electrons. The van der Waals surface area contributed by atoms with Crippen molar-refractivity contribution in [3.05, 3.63) is 58.6 Å². The number of hydrogen-bond acceptors (Lipinski definition) is 3. The van der Waals surface area contributed by atoms with Gasteiger partial charge in [-0.05, 0) is 37.3 Å². The predicted molar refractivity (Wildman–Crippen MR) is 101 cm³/mol. The molecule has 0 aliphatic rings. The van der Waals surface area contributed by atoms with E-state index in [0.717, 1.165) is 5.56 Å². The Hall–Kier alpha value is -1.89. The number of hydrogen-bond donors (Lipinski definition) is 1. The van der Waals surface area contributed by atoms with Crippen LogP contribution < -0.4 is 5.32 Å². The summed E-state index contributed by atoms with van der Waals surface area (Å²) in [6, 6.07) is 11.6. The molecule has 134 valence electrons. The first-order valence-electron chi connectivity index (χ1n) is 7.97. The molecule has 25 heavy (non-hydrogen) atoms. The van der Waals surface area contributed by atoms with E-state index in [1.165, 1.54) is 16.4 Å². The number of carbonyl (C=O) groups excluding carboxylic acids is 1. The van der Waals surface area contributed by atoms with Crippen LogP contribution in [-0.2, 0) is 10.0 Å². The van der Waals surface area contributed by atoms with Crippen molar-refractivity contribution in [3.63, 3.8) is 0 Å². The average molecular weight is 381 g/mol. The third-order valence-corrected chi connectivity index (χ3v) is 6.36. The lowest BCUT2D eigenvalue weighted by molar-refractivity contribution is 0.102. The van der Waals surface area contributed by atoms with E-state index < -0.39 is 10.0 Å². The van der Waals surface area contributed by atoms with Crippen molar-refractivity contribution in [2.45, 2.75) is 25.7 Å². The second kappa shape index (κ2) is 7.99. The molecule has 0 heterocycles. The number of sulfonamides is 1. The van der Waals surface area contributed by atoms with Gasteiger partial charge in [-0.15, -0.1) is 0 Å². The maximum atomic E-state index is 12.7. The van der Waals surface area contributed by atoms with Gasteiger partial charge in [0.15, 0.2) is 0 Å². The third kappa shape index (κ3) is 4.39. The van der Waals surface area contributed by atoms with Crippen LogP contribution in [0.5, 0.6) is 0 Å². The van der Waals surface area contributed by atoms with Crippen molar-refractivity contribution in [3.8, 4) is 0 Å². The fourth-order valence-electron chi connectivity index (χ4n) is 2.39. The van der Waals surface area contributed by atoms with Crippen molar-refractivity contribution >= 4 is 33.2 Å². The van der Waals surface area contributed by atoms with E-state index in [2.05, 4.69) is 5.32 Å². The summed E-state index contributed by atoms with van der Waals surface area (Å²) in [4.78, 5) is 12.3. The topological polar surface area (TPSA) is 66.5 Å². The Balaban J connectivity index is 2.33. The van der Waals surface area contributed by atoms with Crippen LogP contribution in [0, 0.1) is 6.92 Å². The van der Waals surface area contributed by atoms with Crippen LogP contribution in [0.3, 0.4) is 0 Å². The van der Waals surface area contributed by atoms with Crippen molar-refractivity contribution < 1.29 is 13.2 Å². The smallest absolute Gasteiger partial charge is 0.255 e. The molecule has 2 aromatic rings. The quantitative estimate of drug-likeness (QED) is 0.825. The minimum absolute atomic E-state index is 0.0143. The molecule has 0 saturated carbocycles. The molecule has 0 atom stereocenters. The number of carbonyl (C=O) groups is 1. The highest BCUT2D eigenvalue weighted by molar-refractivity contribution is 7.89. The lowest BCUT2D eigenvalue weighted by Crippen LogP contribution is -2.30. The molecule has 0 fully saturated rings. The molecule has 0 aliphatic carbocycles. The summed E-state index contributed by atoms with van der Waals surface area (Å²) < 4.78 is 26.7. The summed E-state index contributed by atoms with van der Waals surface area (Å²) in [6.07, 6.45) is 0. The molecule has 0 aliphatic heterocycles. The highest BCUT2D eigenvalue weighted by atomic mass is 35.5. The Morgan fingerprint density at radius 2 is 1.68 bits per heavy atom. The molecule has 2 rings (SSSR count). The summed E-state index contributed by atoms with van der Waals surface area (Å²) in [5, 5.41) is 2.84. The fourth-order valence-corrected chi connectivity index (χ4v) is 4.35. The second-order valence-corrected chi connectivity index (χ2v) is 7.87. The van der Waals surface area contributed by atoms with E-state index in [-0.39, 0.29) is 15.8 Å². The largest absolute Gasteiger partial charge is 0.322 e. The van der Waals surface area contributed by atoms with Gasteiger partial charge in [-0.25, -0.2) is 8.42 Å². The van der Waals surface area contributed by atoms with Crippen LogP contribution in [0.25, 0.3) is 0 Å². The average Bonchev–Trinajstić information content (AvgIpc) is 2.57. The lowest BCUT2D eigenvalue weighted by atomic mass is 10.1. The van der Waals surface area contributed by atoms with Gasteiger partial charge in [0, 0.05) is 24.3 Å². The maximum Gasteiger partial charge on any atom is 0.255 e. The summed E-state index contributed by atoms with van der Waals surface area (Å²) in [5.74, 6) is -0.312. The number of amides is 1. The van der Waals surface area contributed by atoms with E-state index >= 15 is 0 Å². The van der Waals surface area contributed by atoms with Gasteiger partial charge in [0.1, 0.15) is 4.90 Å². The van der Waals surface area contributed by atoms with Crippen LogP contribution in [0.4, 0.5) is 5.69 Å². The predicted octanol–water partition coefficient (Wildman–Crippen LogP) is 3.93. The third-order valence-electron chi connectivity index (χ3n) is 3.83. The van der Waals surface area contributed by atoms with Gasteiger partial charge in [-0.1, -0.05) is 43.1 Å². The number of halogens is 1. The first-order chi connectivity index (χ1) is 11.8. The van der Waals surface area contributed by atoms with E-state index in [1.54, 1.807) is 32.0 Å². The molecule has 0 bridgehead atoms.